The first-order valence-corrected chi connectivity index (χ1v) is 6.85. The fourth-order valence-corrected chi connectivity index (χ4v) is 2.80. The zero-order valence-corrected chi connectivity index (χ0v) is 11.3. The number of fused-ring (bicyclic) bond motifs is 1. The molecule has 1 atom stereocenters. The van der Waals surface area contributed by atoms with Crippen molar-refractivity contribution in [1.29, 1.82) is 0 Å². The maximum absolute atomic E-state index is 5.40. The van der Waals surface area contributed by atoms with Crippen molar-refractivity contribution in [3.8, 4) is 0 Å². The van der Waals surface area contributed by atoms with Gasteiger partial charge in [-0.2, -0.15) is 0 Å². The number of benzene rings is 1. The average Bonchev–Trinajstić information content (AvgIpc) is 2.92. The zero-order valence-electron chi connectivity index (χ0n) is 11.3. The van der Waals surface area contributed by atoms with Crippen molar-refractivity contribution < 1.29 is 4.42 Å². The minimum Gasteiger partial charge on any atom is -0.468 e. The van der Waals surface area contributed by atoms with E-state index in [1.54, 1.807) is 6.26 Å². The van der Waals surface area contributed by atoms with Crippen molar-refractivity contribution in [3.63, 3.8) is 0 Å². The summed E-state index contributed by atoms with van der Waals surface area (Å²) in [4.78, 5) is 2.30. The highest BCUT2D eigenvalue weighted by Gasteiger charge is 2.20. The van der Waals surface area contributed by atoms with Crippen molar-refractivity contribution >= 4 is 0 Å². The number of hydrogen-bond acceptors (Lipinski definition) is 3. The molecule has 1 aliphatic rings. The fraction of sp³-hybridized carbons (Fsp3) is 0.375. The van der Waals surface area contributed by atoms with Gasteiger partial charge in [0.1, 0.15) is 5.76 Å². The molecule has 0 fully saturated rings. The lowest BCUT2D eigenvalue weighted by Crippen LogP contribution is -2.37. The standard InChI is InChI=1S/C16H20N2O/c1-18(11-14-6-4-10-19-14)12-16-15-7-3-2-5-13(15)8-9-17-16/h2-7,10,16-17H,8-9,11-12H2,1H3. The predicted octanol–water partition coefficient (Wildman–Crippen LogP) is 2.60. The van der Waals surface area contributed by atoms with Crippen LogP contribution in [0.2, 0.25) is 0 Å². The van der Waals surface area contributed by atoms with Gasteiger partial charge in [0.05, 0.1) is 12.8 Å². The Kier molecular flexibility index (Phi) is 3.67. The van der Waals surface area contributed by atoms with Crippen molar-refractivity contribution in [3.05, 3.63) is 59.5 Å². The first-order chi connectivity index (χ1) is 9.33. The highest BCUT2D eigenvalue weighted by Crippen LogP contribution is 2.23. The Morgan fingerprint density at radius 1 is 1.26 bits per heavy atom. The summed E-state index contributed by atoms with van der Waals surface area (Å²) in [6.45, 7) is 2.92. The summed E-state index contributed by atoms with van der Waals surface area (Å²) in [5.41, 5.74) is 2.93. The van der Waals surface area contributed by atoms with Crippen LogP contribution in [0, 0.1) is 0 Å². The van der Waals surface area contributed by atoms with Crippen LogP contribution in [0.4, 0.5) is 0 Å². The van der Waals surface area contributed by atoms with Crippen LogP contribution in [0.3, 0.4) is 0 Å². The van der Waals surface area contributed by atoms with E-state index < -0.39 is 0 Å². The topological polar surface area (TPSA) is 28.4 Å². The van der Waals surface area contributed by atoms with E-state index in [-0.39, 0.29) is 0 Å². The predicted molar refractivity (Wildman–Crippen MR) is 75.9 cm³/mol. The van der Waals surface area contributed by atoms with Crippen LogP contribution >= 0.6 is 0 Å². The molecule has 0 amide bonds. The van der Waals surface area contributed by atoms with Gasteiger partial charge in [-0.1, -0.05) is 24.3 Å². The Bertz CT molecular complexity index is 521. The minimum absolute atomic E-state index is 0.421. The molecular formula is C16H20N2O. The Morgan fingerprint density at radius 2 is 2.16 bits per heavy atom. The normalized spacial score (nSPS) is 18.5. The van der Waals surface area contributed by atoms with Crippen LogP contribution in [-0.2, 0) is 13.0 Å². The van der Waals surface area contributed by atoms with Crippen molar-refractivity contribution in [2.45, 2.75) is 19.0 Å². The van der Waals surface area contributed by atoms with Gasteiger partial charge in [0.25, 0.3) is 0 Å². The number of hydrogen-bond donors (Lipinski definition) is 1. The monoisotopic (exact) mass is 256 g/mol. The third-order valence-electron chi connectivity index (χ3n) is 3.72. The second-order valence-electron chi connectivity index (χ2n) is 5.23. The molecule has 2 aromatic rings. The number of rotatable bonds is 4. The smallest absolute Gasteiger partial charge is 0.117 e. The molecule has 0 saturated heterocycles. The van der Waals surface area contributed by atoms with Gasteiger partial charge in [0.2, 0.25) is 0 Å². The molecular weight excluding hydrogens is 236 g/mol. The SMILES string of the molecule is CN(Cc1ccco1)CC1NCCc2ccccc21. The summed E-state index contributed by atoms with van der Waals surface area (Å²) < 4.78 is 5.40. The van der Waals surface area contributed by atoms with Crippen LogP contribution < -0.4 is 5.32 Å². The lowest BCUT2D eigenvalue weighted by molar-refractivity contribution is 0.258. The van der Waals surface area contributed by atoms with E-state index in [4.69, 9.17) is 4.42 Å². The van der Waals surface area contributed by atoms with Crippen LogP contribution in [0.15, 0.2) is 47.1 Å². The number of likely N-dealkylation sites (N-methyl/N-ethyl adjacent to an activating group) is 1. The van der Waals surface area contributed by atoms with Crippen LogP contribution in [-0.4, -0.2) is 25.0 Å². The Hall–Kier alpha value is -1.58. The van der Waals surface area contributed by atoms with Gasteiger partial charge >= 0.3 is 0 Å². The highest BCUT2D eigenvalue weighted by atomic mass is 16.3. The van der Waals surface area contributed by atoms with E-state index in [9.17, 15) is 0 Å². The van der Waals surface area contributed by atoms with E-state index in [1.165, 1.54) is 11.1 Å². The quantitative estimate of drug-likeness (QED) is 0.911. The van der Waals surface area contributed by atoms with Crippen LogP contribution in [0.1, 0.15) is 22.9 Å². The zero-order chi connectivity index (χ0) is 13.1. The second-order valence-corrected chi connectivity index (χ2v) is 5.23. The molecule has 0 aliphatic carbocycles. The fourth-order valence-electron chi connectivity index (χ4n) is 2.80. The molecule has 1 aliphatic heterocycles. The number of nitrogens with one attached hydrogen (secondary N) is 1. The molecule has 3 heteroatoms. The van der Waals surface area contributed by atoms with Crippen molar-refractivity contribution in [2.24, 2.45) is 0 Å². The highest BCUT2D eigenvalue weighted by molar-refractivity contribution is 5.32. The molecule has 0 spiro atoms. The van der Waals surface area contributed by atoms with Crippen LogP contribution in [0.25, 0.3) is 0 Å². The average molecular weight is 256 g/mol. The number of furan rings is 1. The molecule has 3 nitrogen and oxygen atoms in total. The third kappa shape index (κ3) is 2.88. The molecule has 0 saturated carbocycles. The van der Waals surface area contributed by atoms with Gasteiger partial charge < -0.3 is 9.73 Å². The lowest BCUT2D eigenvalue weighted by Gasteiger charge is -2.30. The molecule has 2 heterocycles. The van der Waals surface area contributed by atoms with E-state index >= 15 is 0 Å². The van der Waals surface area contributed by atoms with Gasteiger partial charge in [-0.3, -0.25) is 4.90 Å². The molecule has 3 rings (SSSR count). The number of nitrogens with zero attached hydrogens (tertiary/aromatic N) is 1. The molecule has 1 N–H and O–H groups in total. The summed E-state index contributed by atoms with van der Waals surface area (Å²) in [5.74, 6) is 1.02. The first-order valence-electron chi connectivity index (χ1n) is 6.85. The summed E-state index contributed by atoms with van der Waals surface area (Å²) in [5, 5.41) is 3.61. The maximum atomic E-state index is 5.40. The van der Waals surface area contributed by atoms with Gasteiger partial charge in [-0.05, 0) is 43.3 Å². The Labute approximate surface area is 114 Å². The minimum atomic E-state index is 0.421. The summed E-state index contributed by atoms with van der Waals surface area (Å²) in [6.07, 6.45) is 2.87. The largest absolute Gasteiger partial charge is 0.468 e. The van der Waals surface area contributed by atoms with Gasteiger partial charge in [0.15, 0.2) is 0 Å². The summed E-state index contributed by atoms with van der Waals surface area (Å²) >= 11 is 0. The Balaban J connectivity index is 1.67. The summed E-state index contributed by atoms with van der Waals surface area (Å²) in [6, 6.07) is 13.1. The van der Waals surface area contributed by atoms with Crippen molar-refractivity contribution in [2.75, 3.05) is 20.1 Å². The summed E-state index contributed by atoms with van der Waals surface area (Å²) in [7, 11) is 2.14. The lowest BCUT2D eigenvalue weighted by atomic mass is 9.94. The molecule has 0 bridgehead atoms. The van der Waals surface area contributed by atoms with E-state index in [0.717, 1.165) is 31.8 Å². The van der Waals surface area contributed by atoms with Gasteiger partial charge in [0, 0.05) is 12.6 Å². The molecule has 0 radical (unpaired) electrons. The van der Waals surface area contributed by atoms with Crippen LogP contribution in [0.5, 0.6) is 0 Å². The first kappa shape index (κ1) is 12.5. The van der Waals surface area contributed by atoms with Gasteiger partial charge in [-0.15, -0.1) is 0 Å². The molecule has 100 valence electrons. The van der Waals surface area contributed by atoms with Crippen molar-refractivity contribution in [1.82, 2.24) is 10.2 Å². The Morgan fingerprint density at radius 3 is 3.00 bits per heavy atom. The molecule has 1 unspecified atom stereocenters. The van der Waals surface area contributed by atoms with E-state index in [1.807, 2.05) is 12.1 Å². The van der Waals surface area contributed by atoms with E-state index in [0.29, 0.717) is 6.04 Å². The second kappa shape index (κ2) is 5.59. The molecule has 1 aromatic carbocycles. The molecule has 1 aromatic heterocycles. The third-order valence-corrected chi connectivity index (χ3v) is 3.72. The van der Waals surface area contributed by atoms with E-state index in [2.05, 4.69) is 41.5 Å². The molecule has 19 heavy (non-hydrogen) atoms. The van der Waals surface area contributed by atoms with Gasteiger partial charge in [-0.25, -0.2) is 0 Å². The maximum Gasteiger partial charge on any atom is 0.117 e.